The molecule has 1 aromatic heterocycles. The van der Waals surface area contributed by atoms with Gasteiger partial charge in [-0.2, -0.15) is 0 Å². The minimum atomic E-state index is 0.623. The van der Waals surface area contributed by atoms with E-state index in [0.717, 1.165) is 31.0 Å². The highest BCUT2D eigenvalue weighted by molar-refractivity contribution is 5.82. The molecule has 100 valence electrons. The summed E-state index contributed by atoms with van der Waals surface area (Å²) < 4.78 is 5.96. The maximum atomic E-state index is 5.96. The van der Waals surface area contributed by atoms with Crippen LogP contribution in [-0.4, -0.2) is 25.0 Å². The van der Waals surface area contributed by atoms with Crippen molar-refractivity contribution in [2.75, 3.05) is 20.1 Å². The summed E-state index contributed by atoms with van der Waals surface area (Å²) in [5.74, 6) is 3.65. The van der Waals surface area contributed by atoms with Crippen LogP contribution in [-0.2, 0) is 13.1 Å². The number of nitrogens with one attached hydrogen (secondary N) is 1. The van der Waals surface area contributed by atoms with Crippen molar-refractivity contribution in [2.24, 2.45) is 0 Å². The van der Waals surface area contributed by atoms with Crippen molar-refractivity contribution in [2.45, 2.75) is 20.0 Å². The molecule has 0 aliphatic rings. The van der Waals surface area contributed by atoms with Gasteiger partial charge in [-0.25, -0.2) is 0 Å². The molecular weight excluding hydrogens is 236 g/mol. The third kappa shape index (κ3) is 3.17. The largest absolute Gasteiger partial charge is 0.459 e. The second kappa shape index (κ2) is 6.42. The summed E-state index contributed by atoms with van der Waals surface area (Å²) in [4.78, 5) is 2.08. The zero-order chi connectivity index (χ0) is 13.7. The fourth-order valence-electron chi connectivity index (χ4n) is 2.18. The Hall–Kier alpha value is -1.76. The summed E-state index contributed by atoms with van der Waals surface area (Å²) in [5.41, 5.74) is 2.18. The summed E-state index contributed by atoms with van der Waals surface area (Å²) in [6.45, 7) is 5.23. The third-order valence-corrected chi connectivity index (χ3v) is 3.11. The van der Waals surface area contributed by atoms with Gasteiger partial charge in [-0.1, -0.05) is 31.0 Å². The van der Waals surface area contributed by atoms with Gasteiger partial charge in [-0.05, 0) is 19.7 Å². The first-order chi connectivity index (χ1) is 9.26. The molecule has 2 aromatic rings. The molecular formula is C16H20N2O. The van der Waals surface area contributed by atoms with Crippen LogP contribution < -0.4 is 5.32 Å². The van der Waals surface area contributed by atoms with E-state index in [1.54, 1.807) is 0 Å². The van der Waals surface area contributed by atoms with Crippen molar-refractivity contribution in [3.05, 3.63) is 35.6 Å². The number of fused-ring (bicyclic) bond motifs is 1. The number of hydrogen-bond acceptors (Lipinski definition) is 3. The van der Waals surface area contributed by atoms with Gasteiger partial charge in [-0.15, -0.1) is 6.42 Å². The van der Waals surface area contributed by atoms with E-state index in [9.17, 15) is 0 Å². The van der Waals surface area contributed by atoms with Crippen molar-refractivity contribution >= 4 is 11.0 Å². The van der Waals surface area contributed by atoms with E-state index < -0.39 is 0 Å². The Bertz CT molecular complexity index is 580. The van der Waals surface area contributed by atoms with Gasteiger partial charge < -0.3 is 9.73 Å². The number of nitrogens with zero attached hydrogens (tertiary/aromatic N) is 1. The molecule has 0 bridgehead atoms. The zero-order valence-corrected chi connectivity index (χ0v) is 11.6. The molecule has 0 amide bonds. The Kier molecular flexibility index (Phi) is 4.62. The molecule has 19 heavy (non-hydrogen) atoms. The van der Waals surface area contributed by atoms with Crippen molar-refractivity contribution < 1.29 is 4.42 Å². The SMILES string of the molecule is C#CCN(C)Cc1oc2ccccc2c1CNCC. The predicted molar refractivity (Wildman–Crippen MR) is 78.8 cm³/mol. The smallest absolute Gasteiger partial charge is 0.134 e. The lowest BCUT2D eigenvalue weighted by molar-refractivity contribution is 0.330. The highest BCUT2D eigenvalue weighted by Crippen LogP contribution is 2.26. The minimum Gasteiger partial charge on any atom is -0.459 e. The molecule has 0 saturated heterocycles. The Balaban J connectivity index is 2.32. The van der Waals surface area contributed by atoms with Gasteiger partial charge in [0, 0.05) is 17.5 Å². The van der Waals surface area contributed by atoms with E-state index in [0.29, 0.717) is 6.54 Å². The lowest BCUT2D eigenvalue weighted by Crippen LogP contribution is -2.19. The molecule has 1 aromatic carbocycles. The van der Waals surface area contributed by atoms with E-state index in [-0.39, 0.29) is 0 Å². The van der Waals surface area contributed by atoms with Crippen LogP contribution in [0.5, 0.6) is 0 Å². The number of benzene rings is 1. The van der Waals surface area contributed by atoms with Crippen LogP contribution in [0.3, 0.4) is 0 Å². The maximum absolute atomic E-state index is 5.96. The Morgan fingerprint density at radius 1 is 1.37 bits per heavy atom. The first-order valence-corrected chi connectivity index (χ1v) is 6.58. The van der Waals surface area contributed by atoms with Gasteiger partial charge in [0.05, 0.1) is 13.1 Å². The van der Waals surface area contributed by atoms with E-state index in [1.807, 2.05) is 25.2 Å². The quantitative estimate of drug-likeness (QED) is 0.805. The van der Waals surface area contributed by atoms with Crippen molar-refractivity contribution in [1.82, 2.24) is 10.2 Å². The molecule has 0 spiro atoms. The highest BCUT2D eigenvalue weighted by Gasteiger charge is 2.14. The van der Waals surface area contributed by atoms with Gasteiger partial charge in [0.1, 0.15) is 11.3 Å². The fourth-order valence-corrected chi connectivity index (χ4v) is 2.18. The summed E-state index contributed by atoms with van der Waals surface area (Å²) in [5, 5.41) is 4.56. The molecule has 3 nitrogen and oxygen atoms in total. The van der Waals surface area contributed by atoms with Crippen molar-refractivity contribution in [3.63, 3.8) is 0 Å². The highest BCUT2D eigenvalue weighted by atomic mass is 16.3. The minimum absolute atomic E-state index is 0.623. The number of hydrogen-bond donors (Lipinski definition) is 1. The molecule has 0 atom stereocenters. The Morgan fingerprint density at radius 2 is 2.16 bits per heavy atom. The zero-order valence-electron chi connectivity index (χ0n) is 11.6. The second-order valence-corrected chi connectivity index (χ2v) is 4.66. The number of terminal acetylenes is 1. The molecule has 2 rings (SSSR count). The van der Waals surface area contributed by atoms with Gasteiger partial charge in [0.2, 0.25) is 0 Å². The second-order valence-electron chi connectivity index (χ2n) is 4.66. The van der Waals surface area contributed by atoms with Crippen LogP contribution in [0.15, 0.2) is 28.7 Å². The van der Waals surface area contributed by atoms with Gasteiger partial charge >= 0.3 is 0 Å². The fraction of sp³-hybridized carbons (Fsp3) is 0.375. The van der Waals surface area contributed by atoms with Crippen LogP contribution >= 0.6 is 0 Å². The summed E-state index contributed by atoms with van der Waals surface area (Å²) in [6.07, 6.45) is 5.34. The normalized spacial score (nSPS) is 11.1. The Labute approximate surface area is 114 Å². The van der Waals surface area contributed by atoms with Crippen LogP contribution in [0.2, 0.25) is 0 Å². The molecule has 0 unspecified atom stereocenters. The lowest BCUT2D eigenvalue weighted by atomic mass is 10.1. The first kappa shape index (κ1) is 13.7. The van der Waals surface area contributed by atoms with E-state index >= 15 is 0 Å². The molecule has 0 saturated carbocycles. The van der Waals surface area contributed by atoms with Crippen molar-refractivity contribution in [1.29, 1.82) is 0 Å². The van der Waals surface area contributed by atoms with Crippen LogP contribution in [0.25, 0.3) is 11.0 Å². The average Bonchev–Trinajstić information content (AvgIpc) is 2.74. The summed E-state index contributed by atoms with van der Waals surface area (Å²) in [6, 6.07) is 8.16. The summed E-state index contributed by atoms with van der Waals surface area (Å²) in [7, 11) is 2.00. The molecule has 0 radical (unpaired) electrons. The molecule has 0 aliphatic carbocycles. The first-order valence-electron chi connectivity index (χ1n) is 6.58. The lowest BCUT2D eigenvalue weighted by Gasteiger charge is -2.12. The van der Waals surface area contributed by atoms with E-state index in [4.69, 9.17) is 10.8 Å². The van der Waals surface area contributed by atoms with Gasteiger partial charge in [0.25, 0.3) is 0 Å². The monoisotopic (exact) mass is 256 g/mol. The number of para-hydroxylation sites is 1. The van der Waals surface area contributed by atoms with Gasteiger partial charge in [-0.3, -0.25) is 4.90 Å². The predicted octanol–water partition coefficient (Wildman–Crippen LogP) is 2.61. The van der Waals surface area contributed by atoms with E-state index in [1.165, 1.54) is 10.9 Å². The van der Waals surface area contributed by atoms with Crippen LogP contribution in [0, 0.1) is 12.3 Å². The molecule has 3 heteroatoms. The number of rotatable bonds is 6. The van der Waals surface area contributed by atoms with Gasteiger partial charge in [0.15, 0.2) is 0 Å². The van der Waals surface area contributed by atoms with Crippen LogP contribution in [0.4, 0.5) is 0 Å². The van der Waals surface area contributed by atoms with Crippen LogP contribution in [0.1, 0.15) is 18.2 Å². The third-order valence-electron chi connectivity index (χ3n) is 3.11. The molecule has 0 fully saturated rings. The molecule has 1 N–H and O–H groups in total. The topological polar surface area (TPSA) is 28.4 Å². The molecule has 0 aliphatic heterocycles. The number of furan rings is 1. The Morgan fingerprint density at radius 3 is 2.89 bits per heavy atom. The maximum Gasteiger partial charge on any atom is 0.134 e. The summed E-state index contributed by atoms with van der Waals surface area (Å²) >= 11 is 0. The standard InChI is InChI=1S/C16H20N2O/c1-4-10-18(3)12-16-14(11-17-5-2)13-8-6-7-9-15(13)19-16/h1,6-9,17H,5,10-12H2,2-3H3. The average molecular weight is 256 g/mol. The van der Waals surface area contributed by atoms with E-state index in [2.05, 4.69) is 29.1 Å². The van der Waals surface area contributed by atoms with Crippen molar-refractivity contribution in [3.8, 4) is 12.3 Å². The molecule has 1 heterocycles.